The lowest BCUT2D eigenvalue weighted by Crippen LogP contribution is -2.15. The van der Waals surface area contributed by atoms with Crippen molar-refractivity contribution in [2.75, 3.05) is 17.7 Å². The van der Waals surface area contributed by atoms with Crippen molar-refractivity contribution >= 4 is 17.3 Å². The average molecular weight is 255 g/mol. The summed E-state index contributed by atoms with van der Waals surface area (Å²) in [5.41, 5.74) is 4.08. The molecule has 0 aliphatic carbocycles. The highest BCUT2D eigenvalue weighted by atomic mass is 16.1. The number of hydrogen-bond acceptors (Lipinski definition) is 3. The van der Waals surface area contributed by atoms with Crippen molar-refractivity contribution in [2.45, 2.75) is 13.8 Å². The maximum absolute atomic E-state index is 12.3. The summed E-state index contributed by atoms with van der Waals surface area (Å²) in [6.07, 6.45) is 1.70. The van der Waals surface area contributed by atoms with E-state index in [9.17, 15) is 4.79 Å². The predicted octanol–water partition coefficient (Wildman–Crippen LogP) is 2.99. The molecule has 0 aliphatic rings. The lowest BCUT2D eigenvalue weighted by Gasteiger charge is -2.11. The van der Waals surface area contributed by atoms with E-state index in [1.165, 1.54) is 0 Å². The summed E-state index contributed by atoms with van der Waals surface area (Å²) in [5, 5.41) is 5.92. The molecule has 1 aromatic heterocycles. The molecular formula is C15H17N3O. The van der Waals surface area contributed by atoms with Crippen molar-refractivity contribution in [3.05, 3.63) is 53.3 Å². The molecule has 1 amide bonds. The molecule has 2 N–H and O–H groups in total. The normalized spacial score (nSPS) is 10.1. The van der Waals surface area contributed by atoms with Gasteiger partial charge in [0.15, 0.2) is 0 Å². The van der Waals surface area contributed by atoms with Crippen molar-refractivity contribution in [3.63, 3.8) is 0 Å². The molecule has 0 saturated heterocycles. The molecule has 0 spiro atoms. The molecule has 98 valence electrons. The SMILES string of the molecule is CNc1cc(C)ccc1C(=O)Nc1cccnc1C. The van der Waals surface area contributed by atoms with Gasteiger partial charge in [0.2, 0.25) is 0 Å². The topological polar surface area (TPSA) is 54.0 Å². The molecule has 0 unspecified atom stereocenters. The van der Waals surface area contributed by atoms with Crippen LogP contribution in [-0.4, -0.2) is 17.9 Å². The number of amides is 1. The van der Waals surface area contributed by atoms with Gasteiger partial charge >= 0.3 is 0 Å². The second-order valence-electron chi connectivity index (χ2n) is 4.39. The van der Waals surface area contributed by atoms with Gasteiger partial charge in [0, 0.05) is 18.9 Å². The number of anilines is 2. The van der Waals surface area contributed by atoms with E-state index in [-0.39, 0.29) is 5.91 Å². The Labute approximate surface area is 112 Å². The first-order valence-electron chi connectivity index (χ1n) is 6.13. The monoisotopic (exact) mass is 255 g/mol. The van der Waals surface area contributed by atoms with Crippen LogP contribution < -0.4 is 10.6 Å². The molecule has 0 atom stereocenters. The molecular weight excluding hydrogens is 238 g/mol. The zero-order valence-electron chi connectivity index (χ0n) is 11.3. The van der Waals surface area contributed by atoms with Crippen LogP contribution >= 0.6 is 0 Å². The third-order valence-corrected chi connectivity index (χ3v) is 2.94. The van der Waals surface area contributed by atoms with Crippen molar-refractivity contribution in [1.29, 1.82) is 0 Å². The molecule has 4 heteroatoms. The van der Waals surface area contributed by atoms with Crippen LogP contribution in [0.1, 0.15) is 21.6 Å². The Morgan fingerprint density at radius 3 is 2.63 bits per heavy atom. The minimum atomic E-state index is -0.138. The largest absolute Gasteiger partial charge is 0.387 e. The maximum Gasteiger partial charge on any atom is 0.257 e. The number of carbonyl (C=O) groups is 1. The molecule has 2 rings (SSSR count). The Morgan fingerprint density at radius 1 is 1.16 bits per heavy atom. The lowest BCUT2D eigenvalue weighted by atomic mass is 10.1. The van der Waals surface area contributed by atoms with Crippen LogP contribution in [0.15, 0.2) is 36.5 Å². The zero-order chi connectivity index (χ0) is 13.8. The van der Waals surface area contributed by atoms with E-state index in [2.05, 4.69) is 15.6 Å². The summed E-state index contributed by atoms with van der Waals surface area (Å²) >= 11 is 0. The quantitative estimate of drug-likeness (QED) is 0.886. The van der Waals surface area contributed by atoms with Gasteiger partial charge in [0.25, 0.3) is 5.91 Å². The summed E-state index contributed by atoms with van der Waals surface area (Å²) < 4.78 is 0. The molecule has 4 nitrogen and oxygen atoms in total. The average Bonchev–Trinajstić information content (AvgIpc) is 2.41. The van der Waals surface area contributed by atoms with E-state index in [0.29, 0.717) is 5.56 Å². The molecule has 0 radical (unpaired) electrons. The van der Waals surface area contributed by atoms with Gasteiger partial charge in [-0.1, -0.05) is 6.07 Å². The summed E-state index contributed by atoms with van der Waals surface area (Å²) in [7, 11) is 1.81. The van der Waals surface area contributed by atoms with Gasteiger partial charge in [0.1, 0.15) is 0 Å². The molecule has 2 aromatic rings. The smallest absolute Gasteiger partial charge is 0.257 e. The van der Waals surface area contributed by atoms with Gasteiger partial charge in [-0.05, 0) is 43.7 Å². The molecule has 0 bridgehead atoms. The molecule has 0 saturated carbocycles. The number of nitrogens with one attached hydrogen (secondary N) is 2. The third kappa shape index (κ3) is 2.91. The van der Waals surface area contributed by atoms with Crippen molar-refractivity contribution < 1.29 is 4.79 Å². The highest BCUT2D eigenvalue weighted by Crippen LogP contribution is 2.19. The fourth-order valence-corrected chi connectivity index (χ4v) is 1.87. The minimum Gasteiger partial charge on any atom is -0.387 e. The number of pyridine rings is 1. The van der Waals surface area contributed by atoms with Gasteiger partial charge in [-0.3, -0.25) is 9.78 Å². The first-order valence-corrected chi connectivity index (χ1v) is 6.13. The van der Waals surface area contributed by atoms with Crippen LogP contribution in [0.25, 0.3) is 0 Å². The Hall–Kier alpha value is -2.36. The molecule has 0 aliphatic heterocycles. The first-order chi connectivity index (χ1) is 9.11. The summed E-state index contributed by atoms with van der Waals surface area (Å²) in [5.74, 6) is -0.138. The molecule has 1 aromatic carbocycles. The zero-order valence-corrected chi connectivity index (χ0v) is 11.3. The molecule has 19 heavy (non-hydrogen) atoms. The Bertz CT molecular complexity index is 608. The number of aryl methyl sites for hydroxylation is 2. The van der Waals surface area contributed by atoms with Gasteiger partial charge in [-0.25, -0.2) is 0 Å². The summed E-state index contributed by atoms with van der Waals surface area (Å²) in [6.45, 7) is 3.86. The highest BCUT2D eigenvalue weighted by Gasteiger charge is 2.12. The Kier molecular flexibility index (Phi) is 3.80. The fourth-order valence-electron chi connectivity index (χ4n) is 1.87. The minimum absolute atomic E-state index is 0.138. The van der Waals surface area contributed by atoms with Gasteiger partial charge < -0.3 is 10.6 Å². The highest BCUT2D eigenvalue weighted by molar-refractivity contribution is 6.08. The van der Waals surface area contributed by atoms with E-state index >= 15 is 0 Å². The summed E-state index contributed by atoms with van der Waals surface area (Å²) in [4.78, 5) is 16.4. The molecule has 1 heterocycles. The van der Waals surface area contributed by atoms with Crippen LogP contribution in [0, 0.1) is 13.8 Å². The van der Waals surface area contributed by atoms with E-state index in [4.69, 9.17) is 0 Å². The number of carbonyl (C=O) groups excluding carboxylic acids is 1. The lowest BCUT2D eigenvalue weighted by molar-refractivity contribution is 0.102. The van der Waals surface area contributed by atoms with Crippen molar-refractivity contribution in [1.82, 2.24) is 4.98 Å². The number of aromatic nitrogens is 1. The fraction of sp³-hybridized carbons (Fsp3) is 0.200. The second kappa shape index (κ2) is 5.52. The Morgan fingerprint density at radius 2 is 1.95 bits per heavy atom. The van der Waals surface area contributed by atoms with Crippen LogP contribution in [0.2, 0.25) is 0 Å². The predicted molar refractivity (Wildman–Crippen MR) is 77.7 cm³/mol. The third-order valence-electron chi connectivity index (χ3n) is 2.94. The van der Waals surface area contributed by atoms with E-state index < -0.39 is 0 Å². The van der Waals surface area contributed by atoms with Gasteiger partial charge in [-0.2, -0.15) is 0 Å². The van der Waals surface area contributed by atoms with E-state index in [0.717, 1.165) is 22.6 Å². The van der Waals surface area contributed by atoms with Crippen molar-refractivity contribution in [3.8, 4) is 0 Å². The van der Waals surface area contributed by atoms with Crippen LogP contribution in [0.3, 0.4) is 0 Å². The Balaban J connectivity index is 2.28. The van der Waals surface area contributed by atoms with Gasteiger partial charge in [0.05, 0.1) is 16.9 Å². The van der Waals surface area contributed by atoms with E-state index in [1.807, 2.05) is 38.1 Å². The first kappa shape index (κ1) is 13.1. The van der Waals surface area contributed by atoms with Crippen LogP contribution in [0.4, 0.5) is 11.4 Å². The number of hydrogen-bond donors (Lipinski definition) is 2. The number of nitrogens with zero attached hydrogens (tertiary/aromatic N) is 1. The number of benzene rings is 1. The molecule has 0 fully saturated rings. The standard InChI is InChI=1S/C15H17N3O/c1-10-6-7-12(14(9-10)16-3)15(19)18-13-5-4-8-17-11(13)2/h4-9,16H,1-3H3,(H,18,19). The van der Waals surface area contributed by atoms with Crippen LogP contribution in [-0.2, 0) is 0 Å². The van der Waals surface area contributed by atoms with Crippen molar-refractivity contribution in [2.24, 2.45) is 0 Å². The van der Waals surface area contributed by atoms with Gasteiger partial charge in [-0.15, -0.1) is 0 Å². The van der Waals surface area contributed by atoms with Crippen LogP contribution in [0.5, 0.6) is 0 Å². The maximum atomic E-state index is 12.3. The number of rotatable bonds is 3. The second-order valence-corrected chi connectivity index (χ2v) is 4.39. The summed E-state index contributed by atoms with van der Waals surface area (Å²) in [6, 6.07) is 9.34. The van der Waals surface area contributed by atoms with E-state index in [1.54, 1.807) is 19.3 Å².